The molecule has 0 radical (unpaired) electrons. The molecule has 7 heteroatoms. The monoisotopic (exact) mass is 461 g/mol. The van der Waals surface area contributed by atoms with Gasteiger partial charge in [-0.25, -0.2) is 0 Å². The molecule has 0 aliphatic carbocycles. The third kappa shape index (κ3) is 2.69. The van der Waals surface area contributed by atoms with Crippen molar-refractivity contribution < 1.29 is 30.9 Å². The van der Waals surface area contributed by atoms with Crippen LogP contribution in [0.15, 0.2) is 16.7 Å². The van der Waals surface area contributed by atoms with Crippen LogP contribution >= 0.6 is 18.6 Å². The molecule has 0 fully saturated rings. The normalized spacial score (nSPS) is 10.8. The molecule has 0 saturated heterocycles. The Morgan fingerprint density at radius 2 is 2.24 bits per heavy atom. The molecule has 0 spiro atoms. The average molecular weight is 461 g/mol. The van der Waals surface area contributed by atoms with E-state index in [0.29, 0.717) is 9.58 Å². The minimum absolute atomic E-state index is 0.201. The Labute approximate surface area is 117 Å². The van der Waals surface area contributed by atoms with E-state index in [1.54, 1.807) is 20.1 Å². The van der Waals surface area contributed by atoms with Crippen molar-refractivity contribution in [1.29, 1.82) is 0 Å². The standard InChI is InChI=1S/C10H8FI2N2O2/c1-5-3-7(11)6(4-8(5)16-2)9-14-10(13-12)15-17-9/h3-4H,1-2H3/q-1. The summed E-state index contributed by atoms with van der Waals surface area (Å²) in [7, 11) is 1.54. The van der Waals surface area contributed by atoms with Crippen molar-refractivity contribution in [3.63, 3.8) is 0 Å². The fourth-order valence-corrected chi connectivity index (χ4v) is 2.97. The molecule has 0 saturated carbocycles. The molecule has 0 amide bonds. The van der Waals surface area contributed by atoms with Gasteiger partial charge in [-0.1, -0.05) is 0 Å². The maximum absolute atomic E-state index is 13.8. The number of benzene rings is 1. The van der Waals surface area contributed by atoms with Crippen LogP contribution in [0, 0.1) is 16.6 Å². The summed E-state index contributed by atoms with van der Waals surface area (Å²) in [4.78, 5) is 4.13. The van der Waals surface area contributed by atoms with Gasteiger partial charge in [-0.05, 0) is 0 Å². The number of rotatable bonds is 3. The van der Waals surface area contributed by atoms with E-state index < -0.39 is 0 Å². The Morgan fingerprint density at radius 1 is 1.47 bits per heavy atom. The maximum atomic E-state index is 13.8. The number of aryl methyl sites for hydroxylation is 1. The number of methoxy groups -OCH3 is 1. The molecular formula is C10H8FI2N2O2-. The van der Waals surface area contributed by atoms with Crippen molar-refractivity contribution >= 4 is 18.6 Å². The summed E-state index contributed by atoms with van der Waals surface area (Å²) in [6, 6.07) is 2.98. The van der Waals surface area contributed by atoms with Crippen LogP contribution in [0.2, 0.25) is 0 Å². The van der Waals surface area contributed by atoms with Gasteiger partial charge in [-0.3, -0.25) is 0 Å². The summed E-state index contributed by atoms with van der Waals surface area (Å²) < 4.78 is 24.6. The third-order valence-electron chi connectivity index (χ3n) is 2.18. The van der Waals surface area contributed by atoms with E-state index in [1.165, 1.54) is 6.07 Å². The second-order valence-electron chi connectivity index (χ2n) is 3.24. The SMILES string of the molecule is COc1cc(-c2nc([I-]I)no2)c(F)cc1C. The van der Waals surface area contributed by atoms with Crippen molar-refractivity contribution in [1.82, 2.24) is 10.1 Å². The first-order valence-corrected chi connectivity index (χ1v) is 12.0. The van der Waals surface area contributed by atoms with Gasteiger partial charge in [0.1, 0.15) is 0 Å². The van der Waals surface area contributed by atoms with E-state index >= 15 is 0 Å². The van der Waals surface area contributed by atoms with E-state index in [4.69, 9.17) is 9.26 Å². The summed E-state index contributed by atoms with van der Waals surface area (Å²) in [5.74, 6) is 0.419. The Morgan fingerprint density at radius 3 is 2.82 bits per heavy atom. The van der Waals surface area contributed by atoms with Crippen molar-refractivity contribution in [2.24, 2.45) is 0 Å². The summed E-state index contributed by atoms with van der Waals surface area (Å²) >= 11 is 1.93. The number of aromatic nitrogens is 2. The van der Waals surface area contributed by atoms with E-state index in [1.807, 2.05) is 0 Å². The molecule has 17 heavy (non-hydrogen) atoms. The van der Waals surface area contributed by atoms with Crippen molar-refractivity contribution in [3.05, 3.63) is 27.3 Å². The van der Waals surface area contributed by atoms with Crippen LogP contribution in [-0.2, 0) is 0 Å². The molecule has 92 valence electrons. The van der Waals surface area contributed by atoms with Crippen LogP contribution in [0.1, 0.15) is 5.56 Å². The van der Waals surface area contributed by atoms with E-state index in [2.05, 4.69) is 28.8 Å². The van der Waals surface area contributed by atoms with Gasteiger partial charge in [0, 0.05) is 0 Å². The van der Waals surface area contributed by atoms with Crippen LogP contribution in [0.25, 0.3) is 11.5 Å². The summed E-state index contributed by atoms with van der Waals surface area (Å²) in [6.07, 6.45) is 0. The molecular weight excluding hydrogens is 453 g/mol. The number of halogens is 3. The Bertz CT molecular complexity index is 545. The third-order valence-corrected chi connectivity index (χ3v) is 5.43. The van der Waals surface area contributed by atoms with Gasteiger partial charge in [-0.2, -0.15) is 0 Å². The van der Waals surface area contributed by atoms with Crippen LogP contribution < -0.4 is 22.0 Å². The van der Waals surface area contributed by atoms with Crippen LogP contribution in [-0.4, -0.2) is 17.3 Å². The molecule has 0 aliphatic rings. The number of ether oxygens (including phenoxy) is 1. The number of nitrogens with zero attached hydrogens (tertiary/aromatic N) is 2. The van der Waals surface area contributed by atoms with Gasteiger partial charge < -0.3 is 0 Å². The van der Waals surface area contributed by atoms with Crippen molar-refractivity contribution in [2.75, 3.05) is 7.11 Å². The zero-order chi connectivity index (χ0) is 12.4. The molecule has 4 nitrogen and oxygen atoms in total. The second kappa shape index (κ2) is 5.46. The number of hydrogen-bond acceptors (Lipinski definition) is 4. The summed E-state index contributed by atoms with van der Waals surface area (Å²) in [6.45, 7) is 1.78. The molecule has 0 bridgehead atoms. The molecule has 1 aromatic heterocycles. The molecule has 2 rings (SSSR count). The predicted octanol–water partition coefficient (Wildman–Crippen LogP) is -0.199. The van der Waals surface area contributed by atoms with Gasteiger partial charge in [0.05, 0.1) is 0 Å². The second-order valence-corrected chi connectivity index (χ2v) is 7.35. The topological polar surface area (TPSA) is 48.2 Å². The Kier molecular flexibility index (Phi) is 4.17. The zero-order valence-corrected chi connectivity index (χ0v) is 13.3. The van der Waals surface area contributed by atoms with Gasteiger partial charge in [0.2, 0.25) is 0 Å². The molecule has 0 N–H and O–H groups in total. The van der Waals surface area contributed by atoms with Gasteiger partial charge in [0.25, 0.3) is 0 Å². The fourth-order valence-electron chi connectivity index (χ4n) is 1.38. The van der Waals surface area contributed by atoms with Gasteiger partial charge in [0.15, 0.2) is 0 Å². The Hall–Kier alpha value is -0.450. The average Bonchev–Trinajstić information content (AvgIpc) is 2.78. The quantitative estimate of drug-likeness (QED) is 0.595. The first-order chi connectivity index (χ1) is 8.15. The van der Waals surface area contributed by atoms with Crippen LogP contribution in [0.5, 0.6) is 5.75 Å². The molecule has 0 atom stereocenters. The summed E-state index contributed by atoms with van der Waals surface area (Å²) in [5.41, 5.74) is 1.01. The fraction of sp³-hybridized carbons (Fsp3) is 0.200. The van der Waals surface area contributed by atoms with E-state index in [0.717, 1.165) is 5.56 Å². The van der Waals surface area contributed by atoms with Gasteiger partial charge >= 0.3 is 118 Å². The molecule has 0 aliphatic heterocycles. The summed E-state index contributed by atoms with van der Waals surface area (Å²) in [5, 5.41) is 3.78. The minimum atomic E-state index is -0.384. The molecule has 2 aromatic rings. The molecule has 1 heterocycles. The first kappa shape index (κ1) is 13.0. The zero-order valence-electron chi connectivity index (χ0n) is 9.00. The molecule has 1 aromatic carbocycles. The van der Waals surface area contributed by atoms with E-state index in [-0.39, 0.29) is 34.5 Å². The molecule has 0 unspecified atom stereocenters. The first-order valence-electron chi connectivity index (χ1n) is 4.60. The van der Waals surface area contributed by atoms with Crippen molar-refractivity contribution in [2.45, 2.75) is 6.92 Å². The van der Waals surface area contributed by atoms with Crippen LogP contribution in [0.4, 0.5) is 4.39 Å². The van der Waals surface area contributed by atoms with E-state index in [9.17, 15) is 4.39 Å². The van der Waals surface area contributed by atoms with Crippen LogP contribution in [0.3, 0.4) is 0 Å². The number of hydrogen-bond donors (Lipinski definition) is 0. The van der Waals surface area contributed by atoms with Crippen molar-refractivity contribution in [3.8, 4) is 17.2 Å². The predicted molar refractivity (Wildman–Crippen MR) is 63.7 cm³/mol. The Balaban J connectivity index is 2.50. The van der Waals surface area contributed by atoms with Gasteiger partial charge in [-0.15, -0.1) is 0 Å².